The molecule has 2 aromatic heterocycles. The van der Waals surface area contributed by atoms with Crippen molar-refractivity contribution in [2.75, 3.05) is 0 Å². The summed E-state index contributed by atoms with van der Waals surface area (Å²) in [5.74, 6) is -0.991. The molecule has 0 aliphatic carbocycles. The number of benzene rings is 1. The number of aromatic nitrogens is 1. The molecule has 116 valence electrons. The van der Waals surface area contributed by atoms with Crippen LogP contribution >= 0.6 is 22.7 Å². The molecular weight excluding hydrogens is 330 g/mol. The molecule has 7 heteroatoms. The smallest absolute Gasteiger partial charge is 0.348 e. The van der Waals surface area contributed by atoms with Gasteiger partial charge in [-0.3, -0.25) is 5.41 Å². The van der Waals surface area contributed by atoms with E-state index >= 15 is 0 Å². The van der Waals surface area contributed by atoms with Crippen LogP contribution in [0.25, 0.3) is 21.8 Å². The zero-order valence-corrected chi connectivity index (χ0v) is 13.8. The molecule has 1 aromatic carbocycles. The van der Waals surface area contributed by atoms with Gasteiger partial charge in [0.2, 0.25) is 0 Å². The number of nitrogen functional groups attached to an aromatic ring is 1. The second kappa shape index (κ2) is 5.94. The van der Waals surface area contributed by atoms with Gasteiger partial charge in [0.25, 0.3) is 0 Å². The minimum absolute atomic E-state index is 0.00245. The van der Waals surface area contributed by atoms with Gasteiger partial charge in [-0.25, -0.2) is 9.78 Å². The van der Waals surface area contributed by atoms with Crippen LogP contribution in [0.15, 0.2) is 36.4 Å². The number of thiophene rings is 1. The van der Waals surface area contributed by atoms with Gasteiger partial charge in [-0.05, 0) is 13.0 Å². The molecular formula is C16H13N3O2S2. The summed E-state index contributed by atoms with van der Waals surface area (Å²) in [4.78, 5) is 17.9. The number of aromatic carboxylic acids is 1. The number of carboxylic acid groups (broad SMARTS) is 1. The fourth-order valence-electron chi connectivity index (χ4n) is 2.20. The van der Waals surface area contributed by atoms with Crippen molar-refractivity contribution in [2.24, 2.45) is 5.73 Å². The lowest BCUT2D eigenvalue weighted by molar-refractivity contribution is 0.0702. The Hall–Kier alpha value is -2.51. The van der Waals surface area contributed by atoms with E-state index in [4.69, 9.17) is 11.1 Å². The number of aryl methyl sites for hydroxylation is 1. The Kier molecular flexibility index (Phi) is 3.97. The minimum atomic E-state index is -0.993. The zero-order chi connectivity index (χ0) is 16.6. The van der Waals surface area contributed by atoms with Gasteiger partial charge >= 0.3 is 5.97 Å². The predicted octanol–water partition coefficient (Wildman–Crippen LogP) is 3.83. The van der Waals surface area contributed by atoms with Gasteiger partial charge in [0.05, 0.1) is 10.6 Å². The minimum Gasteiger partial charge on any atom is -0.477 e. The number of nitrogens with two attached hydrogens (primary N) is 1. The van der Waals surface area contributed by atoms with E-state index in [9.17, 15) is 9.90 Å². The summed E-state index contributed by atoms with van der Waals surface area (Å²) in [5.41, 5.74) is 7.60. The molecule has 0 atom stereocenters. The lowest BCUT2D eigenvalue weighted by Crippen LogP contribution is -2.08. The molecule has 0 spiro atoms. The monoisotopic (exact) mass is 343 g/mol. The Balaban J connectivity index is 2.15. The highest BCUT2D eigenvalue weighted by Crippen LogP contribution is 2.38. The Bertz CT molecular complexity index is 897. The highest BCUT2D eigenvalue weighted by Gasteiger charge is 2.21. The number of hydrogen-bond acceptors (Lipinski definition) is 5. The quantitative estimate of drug-likeness (QED) is 0.495. The van der Waals surface area contributed by atoms with Crippen LogP contribution < -0.4 is 5.73 Å². The van der Waals surface area contributed by atoms with Gasteiger partial charge in [0, 0.05) is 16.0 Å². The van der Waals surface area contributed by atoms with Gasteiger partial charge in [-0.15, -0.1) is 22.7 Å². The molecule has 4 N–H and O–H groups in total. The molecule has 0 radical (unpaired) electrons. The first kappa shape index (κ1) is 15.4. The third-order valence-electron chi connectivity index (χ3n) is 3.28. The summed E-state index contributed by atoms with van der Waals surface area (Å²) < 4.78 is 0. The maximum atomic E-state index is 11.6. The van der Waals surface area contributed by atoms with E-state index in [0.29, 0.717) is 15.6 Å². The second-order valence-electron chi connectivity index (χ2n) is 4.86. The van der Waals surface area contributed by atoms with Crippen molar-refractivity contribution in [1.29, 1.82) is 5.41 Å². The third kappa shape index (κ3) is 2.88. The van der Waals surface area contributed by atoms with E-state index in [-0.39, 0.29) is 10.7 Å². The van der Waals surface area contributed by atoms with Crippen molar-refractivity contribution in [1.82, 2.24) is 4.98 Å². The van der Waals surface area contributed by atoms with Gasteiger partial charge < -0.3 is 10.8 Å². The van der Waals surface area contributed by atoms with Gasteiger partial charge in [-0.2, -0.15) is 0 Å². The van der Waals surface area contributed by atoms with Crippen LogP contribution in [-0.4, -0.2) is 21.9 Å². The first-order valence-corrected chi connectivity index (χ1v) is 8.35. The number of carbonyl (C=O) groups is 1. The van der Waals surface area contributed by atoms with Crippen LogP contribution in [0.2, 0.25) is 0 Å². The number of amidine groups is 1. The number of nitrogens with one attached hydrogen (secondary N) is 1. The maximum absolute atomic E-state index is 11.6. The average Bonchev–Trinajstić information content (AvgIpc) is 3.12. The van der Waals surface area contributed by atoms with E-state index in [1.54, 1.807) is 6.07 Å². The molecule has 0 aliphatic rings. The number of thiazole rings is 1. The normalized spacial score (nSPS) is 10.7. The van der Waals surface area contributed by atoms with Gasteiger partial charge in [-0.1, -0.05) is 30.3 Å². The molecule has 0 unspecified atom stereocenters. The predicted molar refractivity (Wildman–Crippen MR) is 93.6 cm³/mol. The van der Waals surface area contributed by atoms with Crippen molar-refractivity contribution in [3.8, 4) is 21.8 Å². The number of nitrogens with zero attached hydrogens (tertiary/aromatic N) is 1. The molecule has 5 nitrogen and oxygen atoms in total. The maximum Gasteiger partial charge on any atom is 0.348 e. The van der Waals surface area contributed by atoms with Gasteiger partial charge in [0.15, 0.2) is 0 Å². The van der Waals surface area contributed by atoms with Crippen LogP contribution in [-0.2, 0) is 0 Å². The Morgan fingerprint density at radius 3 is 2.52 bits per heavy atom. The lowest BCUT2D eigenvalue weighted by Gasteiger charge is -1.97. The lowest BCUT2D eigenvalue weighted by atomic mass is 10.1. The Labute approximate surface area is 140 Å². The summed E-state index contributed by atoms with van der Waals surface area (Å²) in [6.07, 6.45) is 0. The van der Waals surface area contributed by atoms with Crippen LogP contribution in [0.5, 0.6) is 0 Å². The Morgan fingerprint density at radius 2 is 1.96 bits per heavy atom. The van der Waals surface area contributed by atoms with Crippen LogP contribution in [0, 0.1) is 12.3 Å². The van der Waals surface area contributed by atoms with E-state index in [0.717, 1.165) is 27.3 Å². The molecule has 0 aliphatic heterocycles. The van der Waals surface area contributed by atoms with Crippen LogP contribution in [0.4, 0.5) is 0 Å². The van der Waals surface area contributed by atoms with Gasteiger partial charge in [0.1, 0.15) is 15.7 Å². The number of hydrogen-bond donors (Lipinski definition) is 3. The summed E-state index contributed by atoms with van der Waals surface area (Å²) in [6.45, 7) is 1.91. The van der Waals surface area contributed by atoms with E-state index in [1.807, 2.05) is 37.3 Å². The van der Waals surface area contributed by atoms with E-state index < -0.39 is 5.97 Å². The Morgan fingerprint density at radius 1 is 1.26 bits per heavy atom. The molecule has 0 bridgehead atoms. The van der Waals surface area contributed by atoms with Crippen molar-refractivity contribution in [3.05, 3.63) is 51.0 Å². The summed E-state index contributed by atoms with van der Waals surface area (Å²) in [7, 11) is 0. The van der Waals surface area contributed by atoms with Crippen molar-refractivity contribution >= 4 is 34.5 Å². The van der Waals surface area contributed by atoms with E-state index in [1.165, 1.54) is 11.3 Å². The molecule has 0 fully saturated rings. The first-order valence-electron chi connectivity index (χ1n) is 6.72. The molecule has 3 aromatic rings. The number of rotatable bonds is 4. The molecule has 0 amide bonds. The van der Waals surface area contributed by atoms with Crippen molar-refractivity contribution < 1.29 is 9.90 Å². The fourth-order valence-corrected chi connectivity index (χ4v) is 4.15. The summed E-state index contributed by atoms with van der Waals surface area (Å²) in [6, 6.07) is 11.0. The highest BCUT2D eigenvalue weighted by molar-refractivity contribution is 7.18. The van der Waals surface area contributed by atoms with E-state index in [2.05, 4.69) is 4.98 Å². The zero-order valence-electron chi connectivity index (χ0n) is 12.2. The first-order chi connectivity index (χ1) is 11.0. The van der Waals surface area contributed by atoms with Crippen LogP contribution in [0.3, 0.4) is 0 Å². The van der Waals surface area contributed by atoms with Crippen molar-refractivity contribution in [2.45, 2.75) is 6.92 Å². The molecule has 0 saturated heterocycles. The standard InChI is InChI=1S/C16H13N3O2S2/c1-8-10(7-11(22-8)14(17)18)15-19-12(13(23-15)16(20)21)9-5-3-2-4-6-9/h2-7H,1H3,(H3,17,18)(H,20,21). The number of carboxylic acids is 1. The molecule has 23 heavy (non-hydrogen) atoms. The molecule has 2 heterocycles. The SMILES string of the molecule is Cc1sc(C(=N)N)cc1-c1nc(-c2ccccc2)c(C(=O)O)s1. The highest BCUT2D eigenvalue weighted by atomic mass is 32.1. The second-order valence-corrected chi connectivity index (χ2v) is 7.12. The molecule has 0 saturated carbocycles. The summed E-state index contributed by atoms with van der Waals surface area (Å²) >= 11 is 2.55. The third-order valence-corrected chi connectivity index (χ3v) is 5.44. The molecule has 3 rings (SSSR count). The topological polar surface area (TPSA) is 100 Å². The average molecular weight is 343 g/mol. The fraction of sp³-hybridized carbons (Fsp3) is 0.0625. The summed E-state index contributed by atoms with van der Waals surface area (Å²) in [5, 5.41) is 17.6. The van der Waals surface area contributed by atoms with Crippen molar-refractivity contribution in [3.63, 3.8) is 0 Å². The largest absolute Gasteiger partial charge is 0.477 e. The van der Waals surface area contributed by atoms with Crippen LogP contribution in [0.1, 0.15) is 19.4 Å².